The number of carbonyl (C=O) groups excluding carboxylic acids is 4. The van der Waals surface area contributed by atoms with Crippen molar-refractivity contribution >= 4 is 23.8 Å². The molecule has 2 aliphatic rings. The van der Waals surface area contributed by atoms with Crippen LogP contribution in [0.5, 0.6) is 0 Å². The number of nitrogens with one attached hydrogen (secondary N) is 1. The van der Waals surface area contributed by atoms with Crippen LogP contribution in [-0.4, -0.2) is 69.5 Å². The molecule has 0 radical (unpaired) electrons. The van der Waals surface area contributed by atoms with Crippen LogP contribution in [0.3, 0.4) is 0 Å². The topological polar surface area (TPSA) is 163 Å². The predicted octanol–water partition coefficient (Wildman–Crippen LogP) is -2.02. The highest BCUT2D eigenvalue weighted by molar-refractivity contribution is 5.90. The zero-order chi connectivity index (χ0) is 18.8. The molecule has 0 aromatic carbocycles. The number of rotatable bonds is 5. The van der Waals surface area contributed by atoms with Crippen LogP contribution in [-0.2, 0) is 20.7 Å². The van der Waals surface area contributed by atoms with Gasteiger partial charge in [-0.3, -0.25) is 19.0 Å². The lowest BCUT2D eigenvalue weighted by molar-refractivity contribution is -0.138. The molecule has 0 bridgehead atoms. The van der Waals surface area contributed by atoms with Crippen molar-refractivity contribution in [2.24, 2.45) is 11.5 Å². The highest BCUT2D eigenvalue weighted by Gasteiger charge is 2.35. The van der Waals surface area contributed by atoms with E-state index in [0.29, 0.717) is 25.1 Å². The van der Waals surface area contributed by atoms with E-state index in [1.807, 2.05) is 0 Å². The average molecular weight is 364 g/mol. The molecular weight excluding hydrogens is 344 g/mol. The summed E-state index contributed by atoms with van der Waals surface area (Å²) in [5.41, 5.74) is 11.7. The van der Waals surface area contributed by atoms with Crippen molar-refractivity contribution < 1.29 is 23.9 Å². The lowest BCUT2D eigenvalue weighted by Gasteiger charge is -2.25. The minimum atomic E-state index is -0.900. The van der Waals surface area contributed by atoms with Gasteiger partial charge in [-0.25, -0.2) is 9.78 Å². The molecule has 140 valence electrons. The van der Waals surface area contributed by atoms with Gasteiger partial charge in [0.25, 0.3) is 5.91 Å². The van der Waals surface area contributed by atoms with Crippen molar-refractivity contribution in [3.8, 4) is 0 Å². The number of nitrogens with zero attached hydrogens (tertiary/aromatic N) is 3. The highest BCUT2D eigenvalue weighted by atomic mass is 16.6. The Bertz CT molecular complexity index is 747. The number of imidazole rings is 1. The van der Waals surface area contributed by atoms with Gasteiger partial charge < -0.3 is 26.4 Å². The van der Waals surface area contributed by atoms with E-state index >= 15 is 0 Å². The standard InChI is InChI=1S/C15H20N6O5/c16-9(13(23)21-3-1-2-11(21)12(17)22)4-8-5-20(7-18-8)14(24)10-6-26-15(25)19-10/h5,7,9-11H,1-4,6,16H2,(H2,17,22)(H,19,25)/t9-,10?,11-/m0/s1. The van der Waals surface area contributed by atoms with E-state index < -0.39 is 36.0 Å². The molecule has 2 saturated heterocycles. The first-order chi connectivity index (χ1) is 12.4. The van der Waals surface area contributed by atoms with Crippen LogP contribution in [0.2, 0.25) is 0 Å². The second kappa shape index (κ2) is 7.12. The molecule has 0 spiro atoms. The van der Waals surface area contributed by atoms with Gasteiger partial charge in [0, 0.05) is 19.2 Å². The minimum Gasteiger partial charge on any atom is -0.447 e. The summed E-state index contributed by atoms with van der Waals surface area (Å²) < 4.78 is 5.90. The molecule has 0 saturated carbocycles. The number of cyclic esters (lactones) is 1. The lowest BCUT2D eigenvalue weighted by atomic mass is 10.1. The first-order valence-electron chi connectivity index (χ1n) is 8.22. The van der Waals surface area contributed by atoms with Crippen molar-refractivity contribution in [1.82, 2.24) is 19.8 Å². The maximum absolute atomic E-state index is 12.5. The van der Waals surface area contributed by atoms with Crippen molar-refractivity contribution in [2.45, 2.75) is 37.4 Å². The van der Waals surface area contributed by atoms with Crippen LogP contribution in [0.25, 0.3) is 0 Å². The van der Waals surface area contributed by atoms with Gasteiger partial charge in [-0.05, 0) is 12.8 Å². The van der Waals surface area contributed by atoms with Crippen LogP contribution in [0.4, 0.5) is 4.79 Å². The van der Waals surface area contributed by atoms with Crippen molar-refractivity contribution in [1.29, 1.82) is 0 Å². The molecule has 1 aromatic heterocycles. The highest BCUT2D eigenvalue weighted by Crippen LogP contribution is 2.18. The molecule has 26 heavy (non-hydrogen) atoms. The smallest absolute Gasteiger partial charge is 0.407 e. The van der Waals surface area contributed by atoms with Gasteiger partial charge in [0.2, 0.25) is 11.8 Å². The normalized spacial score (nSPS) is 23.4. The van der Waals surface area contributed by atoms with Crippen LogP contribution in [0.1, 0.15) is 23.3 Å². The summed E-state index contributed by atoms with van der Waals surface area (Å²) >= 11 is 0. The number of ether oxygens (including phenoxy) is 1. The number of nitrogens with two attached hydrogens (primary N) is 2. The fourth-order valence-electron chi connectivity index (χ4n) is 3.14. The van der Waals surface area contributed by atoms with Crippen molar-refractivity contribution in [3.63, 3.8) is 0 Å². The Morgan fingerprint density at radius 3 is 2.85 bits per heavy atom. The van der Waals surface area contributed by atoms with Gasteiger partial charge in [0.1, 0.15) is 25.0 Å². The zero-order valence-corrected chi connectivity index (χ0v) is 14.0. The van der Waals surface area contributed by atoms with Crippen LogP contribution < -0.4 is 16.8 Å². The molecule has 5 N–H and O–H groups in total. The molecule has 3 amide bonds. The summed E-state index contributed by atoms with van der Waals surface area (Å²) in [7, 11) is 0. The van der Waals surface area contributed by atoms with Crippen LogP contribution in [0, 0.1) is 0 Å². The van der Waals surface area contributed by atoms with Gasteiger partial charge >= 0.3 is 6.09 Å². The Morgan fingerprint density at radius 2 is 2.19 bits per heavy atom. The summed E-state index contributed by atoms with van der Waals surface area (Å²) in [5, 5.41) is 2.38. The van der Waals surface area contributed by atoms with Gasteiger partial charge in [-0.1, -0.05) is 0 Å². The summed E-state index contributed by atoms with van der Waals surface area (Å²) in [6.45, 7) is 0.390. The first kappa shape index (κ1) is 17.9. The number of amides is 3. The second-order valence-electron chi connectivity index (χ2n) is 6.31. The SMILES string of the molecule is NC(=O)[C@@H]1CCCN1C(=O)[C@@H](N)Cc1cn(C(=O)C2COC(=O)N2)cn1. The number of aromatic nitrogens is 2. The van der Waals surface area contributed by atoms with E-state index in [-0.39, 0.29) is 18.9 Å². The second-order valence-corrected chi connectivity index (χ2v) is 6.31. The van der Waals surface area contributed by atoms with E-state index in [0.717, 1.165) is 0 Å². The Balaban J connectivity index is 1.61. The third-order valence-corrected chi connectivity index (χ3v) is 4.47. The number of hydrogen-bond donors (Lipinski definition) is 3. The number of likely N-dealkylation sites (tertiary alicyclic amines) is 1. The Hall–Kier alpha value is -2.95. The fraction of sp³-hybridized carbons (Fsp3) is 0.533. The minimum absolute atomic E-state index is 0.0490. The molecule has 0 aliphatic carbocycles. The van der Waals surface area contributed by atoms with E-state index in [4.69, 9.17) is 11.5 Å². The Labute approximate surface area is 148 Å². The maximum Gasteiger partial charge on any atom is 0.407 e. The summed E-state index contributed by atoms with van der Waals surface area (Å²) in [6.07, 6.45) is 3.44. The summed E-state index contributed by atoms with van der Waals surface area (Å²) in [4.78, 5) is 52.6. The monoisotopic (exact) mass is 364 g/mol. The molecule has 3 heterocycles. The molecule has 3 rings (SSSR count). The number of carbonyl (C=O) groups is 4. The largest absolute Gasteiger partial charge is 0.447 e. The van der Waals surface area contributed by atoms with E-state index in [1.54, 1.807) is 0 Å². The molecule has 1 unspecified atom stereocenters. The molecule has 11 nitrogen and oxygen atoms in total. The molecule has 3 atom stereocenters. The Kier molecular flexibility index (Phi) is 4.89. The average Bonchev–Trinajstić information content (AvgIpc) is 3.33. The van der Waals surface area contributed by atoms with E-state index in [2.05, 4.69) is 15.0 Å². The van der Waals surface area contributed by atoms with Gasteiger partial charge in [0.15, 0.2) is 0 Å². The maximum atomic E-state index is 12.5. The molecular formula is C15H20N6O5. The van der Waals surface area contributed by atoms with Crippen LogP contribution in [0.15, 0.2) is 12.5 Å². The van der Waals surface area contributed by atoms with Crippen molar-refractivity contribution in [3.05, 3.63) is 18.2 Å². The third-order valence-electron chi connectivity index (χ3n) is 4.47. The molecule has 2 aliphatic heterocycles. The van der Waals surface area contributed by atoms with Gasteiger partial charge in [-0.15, -0.1) is 0 Å². The van der Waals surface area contributed by atoms with E-state index in [1.165, 1.54) is 22.0 Å². The Morgan fingerprint density at radius 1 is 1.42 bits per heavy atom. The van der Waals surface area contributed by atoms with E-state index in [9.17, 15) is 19.2 Å². The molecule has 2 fully saturated rings. The van der Waals surface area contributed by atoms with Crippen molar-refractivity contribution in [2.75, 3.05) is 13.2 Å². The lowest BCUT2D eigenvalue weighted by Crippen LogP contribution is -2.50. The zero-order valence-electron chi connectivity index (χ0n) is 14.0. The number of primary amides is 1. The summed E-state index contributed by atoms with van der Waals surface area (Å²) in [6, 6.07) is -2.30. The quantitative estimate of drug-likeness (QED) is 0.543. The number of alkyl carbamates (subject to hydrolysis) is 1. The molecule has 1 aromatic rings. The number of hydrogen-bond acceptors (Lipinski definition) is 7. The predicted molar refractivity (Wildman–Crippen MR) is 86.7 cm³/mol. The first-order valence-corrected chi connectivity index (χ1v) is 8.22. The van der Waals surface area contributed by atoms with Gasteiger partial charge in [0.05, 0.1) is 11.7 Å². The van der Waals surface area contributed by atoms with Crippen LogP contribution >= 0.6 is 0 Å². The van der Waals surface area contributed by atoms with Gasteiger partial charge in [-0.2, -0.15) is 0 Å². The third kappa shape index (κ3) is 3.52. The summed E-state index contributed by atoms with van der Waals surface area (Å²) in [5.74, 6) is -1.31. The fourth-order valence-corrected chi connectivity index (χ4v) is 3.14. The molecule has 11 heteroatoms.